The third-order valence-electron chi connectivity index (χ3n) is 5.04. The van der Waals surface area contributed by atoms with Gasteiger partial charge in [-0.05, 0) is 31.0 Å². The molecule has 2 amide bonds. The summed E-state index contributed by atoms with van der Waals surface area (Å²) >= 11 is 1.52. The van der Waals surface area contributed by atoms with Crippen LogP contribution in [0.15, 0.2) is 18.2 Å². The lowest BCUT2D eigenvalue weighted by atomic mass is 10.1. The summed E-state index contributed by atoms with van der Waals surface area (Å²) < 4.78 is 0. The molecule has 9 heteroatoms. The molecular weight excluding hydrogens is 388 g/mol. The summed E-state index contributed by atoms with van der Waals surface area (Å²) in [6.07, 6.45) is 2.08. The number of hydrogen-bond donors (Lipinski definition) is 3. The number of thiazole rings is 1. The van der Waals surface area contributed by atoms with Gasteiger partial charge in [0.1, 0.15) is 5.52 Å². The van der Waals surface area contributed by atoms with Crippen LogP contribution >= 0.6 is 11.3 Å². The van der Waals surface area contributed by atoms with Crippen molar-refractivity contribution in [3.05, 3.63) is 40.2 Å². The van der Waals surface area contributed by atoms with Crippen molar-refractivity contribution in [1.29, 1.82) is 0 Å². The van der Waals surface area contributed by atoms with E-state index in [9.17, 15) is 9.59 Å². The van der Waals surface area contributed by atoms with Gasteiger partial charge in [0.25, 0.3) is 11.8 Å². The first-order valence-electron chi connectivity index (χ1n) is 9.71. The highest BCUT2D eigenvalue weighted by Crippen LogP contribution is 2.29. The van der Waals surface area contributed by atoms with Gasteiger partial charge in [-0.25, -0.2) is 9.97 Å². The highest BCUT2D eigenvalue weighted by molar-refractivity contribution is 7.15. The number of amides is 2. The average molecular weight is 413 g/mol. The van der Waals surface area contributed by atoms with Gasteiger partial charge >= 0.3 is 0 Å². The zero-order valence-corrected chi connectivity index (χ0v) is 17.3. The Morgan fingerprint density at radius 3 is 2.93 bits per heavy atom. The van der Waals surface area contributed by atoms with Crippen molar-refractivity contribution in [3.8, 4) is 0 Å². The molecule has 3 aromatic rings. The summed E-state index contributed by atoms with van der Waals surface area (Å²) in [6.45, 7) is 7.44. The first kappa shape index (κ1) is 19.5. The van der Waals surface area contributed by atoms with Gasteiger partial charge in [0.05, 0.1) is 16.8 Å². The van der Waals surface area contributed by atoms with E-state index in [1.54, 1.807) is 18.2 Å². The Kier molecular flexibility index (Phi) is 5.33. The number of carbonyl (C=O) groups is 2. The number of nitrogens with one attached hydrogen (secondary N) is 2. The number of nitrogens with two attached hydrogens (primary N) is 1. The standard InChI is InChI=1S/C20H24N6O2S/c1-11(2)6-8-26-9-7-13-15(10-26)29-20(23-13)25-19(28)12-4-3-5-14-16(12)24-18(22-14)17(21)27/h3-5,11H,6-10H2,1-2H3,(H2,21,27)(H,22,24)(H,23,25,28). The topological polar surface area (TPSA) is 117 Å². The lowest BCUT2D eigenvalue weighted by Crippen LogP contribution is -2.31. The third-order valence-corrected chi connectivity index (χ3v) is 6.04. The molecule has 29 heavy (non-hydrogen) atoms. The molecule has 1 aliphatic heterocycles. The molecule has 3 heterocycles. The van der Waals surface area contributed by atoms with Crippen molar-refractivity contribution in [2.24, 2.45) is 11.7 Å². The van der Waals surface area contributed by atoms with Crippen molar-refractivity contribution >= 4 is 39.3 Å². The summed E-state index contributed by atoms with van der Waals surface area (Å²) in [5.41, 5.74) is 7.73. The van der Waals surface area contributed by atoms with Crippen LogP contribution in [0.5, 0.6) is 0 Å². The maximum atomic E-state index is 12.8. The Morgan fingerprint density at radius 1 is 1.34 bits per heavy atom. The minimum Gasteiger partial charge on any atom is -0.363 e. The van der Waals surface area contributed by atoms with E-state index in [2.05, 4.69) is 39.0 Å². The van der Waals surface area contributed by atoms with E-state index in [0.29, 0.717) is 27.6 Å². The number of rotatable bonds is 6. The van der Waals surface area contributed by atoms with Crippen LogP contribution in [-0.4, -0.2) is 44.8 Å². The predicted octanol–water partition coefficient (Wildman–Crippen LogP) is 2.77. The fourth-order valence-electron chi connectivity index (χ4n) is 3.43. The van der Waals surface area contributed by atoms with Gasteiger partial charge in [0.15, 0.2) is 11.0 Å². The molecule has 0 radical (unpaired) electrons. The summed E-state index contributed by atoms with van der Waals surface area (Å²) in [5.74, 6) is -0.248. The molecule has 0 atom stereocenters. The van der Waals surface area contributed by atoms with Crippen molar-refractivity contribution < 1.29 is 9.59 Å². The zero-order valence-electron chi connectivity index (χ0n) is 16.5. The van der Waals surface area contributed by atoms with Crippen molar-refractivity contribution in [2.75, 3.05) is 18.4 Å². The average Bonchev–Trinajstić information content (AvgIpc) is 3.29. The van der Waals surface area contributed by atoms with Crippen LogP contribution in [-0.2, 0) is 13.0 Å². The molecule has 4 N–H and O–H groups in total. The Labute approximate surface area is 172 Å². The number of aromatic amines is 1. The van der Waals surface area contributed by atoms with Gasteiger partial charge in [-0.3, -0.25) is 19.8 Å². The number of aromatic nitrogens is 3. The molecule has 0 aliphatic carbocycles. The molecule has 152 valence electrons. The highest BCUT2D eigenvalue weighted by Gasteiger charge is 2.22. The molecular formula is C20H24N6O2S. The molecule has 0 unspecified atom stereocenters. The lowest BCUT2D eigenvalue weighted by molar-refractivity contribution is 0.0989. The van der Waals surface area contributed by atoms with E-state index in [1.165, 1.54) is 22.6 Å². The maximum absolute atomic E-state index is 12.8. The molecule has 0 bridgehead atoms. The van der Waals surface area contributed by atoms with E-state index in [1.807, 2.05) is 0 Å². The number of para-hydroxylation sites is 1. The van der Waals surface area contributed by atoms with Crippen LogP contribution in [0.2, 0.25) is 0 Å². The molecule has 0 fully saturated rings. The van der Waals surface area contributed by atoms with Gasteiger partial charge in [0, 0.05) is 24.4 Å². The van der Waals surface area contributed by atoms with Crippen LogP contribution in [0.1, 0.15) is 51.8 Å². The maximum Gasteiger partial charge on any atom is 0.284 e. The van der Waals surface area contributed by atoms with E-state index < -0.39 is 5.91 Å². The van der Waals surface area contributed by atoms with E-state index in [4.69, 9.17) is 5.73 Å². The normalized spacial score (nSPS) is 14.3. The summed E-state index contributed by atoms with van der Waals surface area (Å²) in [4.78, 5) is 39.5. The molecule has 0 saturated carbocycles. The van der Waals surface area contributed by atoms with Gasteiger partial charge < -0.3 is 10.7 Å². The SMILES string of the molecule is CC(C)CCN1CCc2nc(NC(=O)c3cccc4[nH]c(C(N)=O)nc34)sc2C1. The van der Waals surface area contributed by atoms with Gasteiger partial charge in [0.2, 0.25) is 0 Å². The molecule has 4 rings (SSSR count). The smallest absolute Gasteiger partial charge is 0.284 e. The van der Waals surface area contributed by atoms with E-state index >= 15 is 0 Å². The minimum absolute atomic E-state index is 0.0338. The number of benzene rings is 1. The fraction of sp³-hybridized carbons (Fsp3) is 0.400. The Balaban J connectivity index is 1.50. The molecule has 0 saturated heterocycles. The second kappa shape index (κ2) is 7.92. The van der Waals surface area contributed by atoms with Crippen molar-refractivity contribution in [2.45, 2.75) is 33.2 Å². The van der Waals surface area contributed by atoms with Crippen LogP contribution in [0.3, 0.4) is 0 Å². The Bertz CT molecular complexity index is 1070. The highest BCUT2D eigenvalue weighted by atomic mass is 32.1. The number of fused-ring (bicyclic) bond motifs is 2. The summed E-state index contributed by atoms with van der Waals surface area (Å²) in [6, 6.07) is 5.16. The van der Waals surface area contributed by atoms with Gasteiger partial charge in [-0.1, -0.05) is 19.9 Å². The van der Waals surface area contributed by atoms with Crippen LogP contribution in [0, 0.1) is 5.92 Å². The predicted molar refractivity (Wildman–Crippen MR) is 113 cm³/mol. The van der Waals surface area contributed by atoms with Gasteiger partial charge in [-0.2, -0.15) is 0 Å². The van der Waals surface area contributed by atoms with E-state index in [-0.39, 0.29) is 11.7 Å². The molecule has 1 aromatic carbocycles. The van der Waals surface area contributed by atoms with Gasteiger partial charge in [-0.15, -0.1) is 11.3 Å². The van der Waals surface area contributed by atoms with Crippen molar-refractivity contribution in [3.63, 3.8) is 0 Å². The minimum atomic E-state index is -0.665. The molecule has 8 nitrogen and oxygen atoms in total. The molecule has 2 aromatic heterocycles. The number of carbonyl (C=O) groups excluding carboxylic acids is 2. The molecule has 1 aliphatic rings. The number of H-pyrrole nitrogens is 1. The largest absolute Gasteiger partial charge is 0.363 e. The van der Waals surface area contributed by atoms with Crippen LogP contribution < -0.4 is 11.1 Å². The lowest BCUT2D eigenvalue weighted by Gasteiger charge is -2.26. The second-order valence-corrected chi connectivity index (χ2v) is 8.79. The fourth-order valence-corrected chi connectivity index (χ4v) is 4.48. The van der Waals surface area contributed by atoms with Crippen LogP contribution in [0.4, 0.5) is 5.13 Å². The first-order chi connectivity index (χ1) is 13.9. The number of nitrogens with zero attached hydrogens (tertiary/aromatic N) is 3. The van der Waals surface area contributed by atoms with Crippen molar-refractivity contribution in [1.82, 2.24) is 19.9 Å². The number of imidazole rings is 1. The summed E-state index contributed by atoms with van der Waals surface area (Å²) in [7, 11) is 0. The summed E-state index contributed by atoms with van der Waals surface area (Å²) in [5, 5.41) is 3.48. The Morgan fingerprint density at radius 2 is 2.17 bits per heavy atom. The Hall–Kier alpha value is -2.78. The molecule has 0 spiro atoms. The zero-order chi connectivity index (χ0) is 20.5. The monoisotopic (exact) mass is 412 g/mol. The second-order valence-electron chi connectivity index (χ2n) is 7.70. The number of anilines is 1. The first-order valence-corrected chi connectivity index (χ1v) is 10.5. The van der Waals surface area contributed by atoms with E-state index in [0.717, 1.165) is 31.7 Å². The quantitative estimate of drug-likeness (QED) is 0.575. The number of hydrogen-bond acceptors (Lipinski definition) is 6. The van der Waals surface area contributed by atoms with Crippen LogP contribution in [0.25, 0.3) is 11.0 Å². The third kappa shape index (κ3) is 4.15. The number of primary amides is 1.